The third-order valence-corrected chi connectivity index (χ3v) is 2.51. The molecule has 0 atom stereocenters. The molecule has 0 aliphatic carbocycles. The molecule has 4 heteroatoms. The van der Waals surface area contributed by atoms with Gasteiger partial charge in [0, 0.05) is 36.3 Å². The minimum atomic E-state index is 0.0374. The van der Waals surface area contributed by atoms with E-state index in [1.54, 1.807) is 24.5 Å². The van der Waals surface area contributed by atoms with E-state index in [2.05, 4.69) is 11.1 Å². The normalized spacial score (nSPS) is 9.88. The first kappa shape index (κ1) is 11.1. The highest BCUT2D eigenvalue weighted by Crippen LogP contribution is 2.09. The molecule has 0 bridgehead atoms. The number of carbonyl (C=O) groups excluding carboxylic acids is 1. The molecule has 2 aromatic rings. The van der Waals surface area contributed by atoms with Crippen LogP contribution in [0.4, 0.5) is 0 Å². The van der Waals surface area contributed by atoms with Gasteiger partial charge in [0.25, 0.3) is 0 Å². The van der Waals surface area contributed by atoms with E-state index in [4.69, 9.17) is 5.26 Å². The summed E-state index contributed by atoms with van der Waals surface area (Å²) in [5.74, 6) is 0.0374. The quantitative estimate of drug-likeness (QED) is 0.751. The number of nitrogens with zero attached hydrogens (tertiary/aromatic N) is 3. The highest BCUT2D eigenvalue weighted by molar-refractivity contribution is 5.93. The van der Waals surface area contributed by atoms with Crippen LogP contribution in [0.25, 0.3) is 0 Å². The van der Waals surface area contributed by atoms with Gasteiger partial charge in [-0.2, -0.15) is 5.26 Å². The summed E-state index contributed by atoms with van der Waals surface area (Å²) in [6.45, 7) is 2.08. The van der Waals surface area contributed by atoms with Crippen LogP contribution in [0, 0.1) is 11.3 Å². The molecule has 0 N–H and O–H groups in total. The summed E-state index contributed by atoms with van der Waals surface area (Å²) in [4.78, 5) is 15.2. The Balaban J connectivity index is 2.26. The number of aromatic nitrogens is 2. The minimum absolute atomic E-state index is 0.0374. The number of nitriles is 1. The summed E-state index contributed by atoms with van der Waals surface area (Å²) in [5.41, 5.74) is 1.94. The Labute approximate surface area is 99.1 Å². The number of hydrogen-bond acceptors (Lipinski definition) is 3. The standard InChI is InChI=1S/C13H11N3O/c1-10(17)11-4-6-16(8-11)9-12-3-2-5-15-13(12)7-14/h2-6,8H,9H2,1H3. The molecule has 0 amide bonds. The van der Waals surface area contributed by atoms with Gasteiger partial charge in [0.05, 0.1) is 0 Å². The third-order valence-electron chi connectivity index (χ3n) is 2.51. The fourth-order valence-corrected chi connectivity index (χ4v) is 1.61. The number of ketones is 1. The summed E-state index contributed by atoms with van der Waals surface area (Å²) in [5, 5.41) is 8.91. The molecule has 0 aliphatic rings. The van der Waals surface area contributed by atoms with E-state index < -0.39 is 0 Å². The largest absolute Gasteiger partial charge is 0.349 e. The van der Waals surface area contributed by atoms with Crippen molar-refractivity contribution in [2.45, 2.75) is 13.5 Å². The van der Waals surface area contributed by atoms with Crippen molar-refractivity contribution in [3.05, 3.63) is 53.6 Å². The van der Waals surface area contributed by atoms with Crippen LogP contribution in [-0.2, 0) is 6.54 Å². The lowest BCUT2D eigenvalue weighted by Crippen LogP contribution is -2.00. The smallest absolute Gasteiger partial charge is 0.161 e. The van der Waals surface area contributed by atoms with Gasteiger partial charge in [-0.15, -0.1) is 0 Å². The zero-order chi connectivity index (χ0) is 12.3. The molecule has 0 aromatic carbocycles. The van der Waals surface area contributed by atoms with Crippen LogP contribution in [0.5, 0.6) is 0 Å². The van der Waals surface area contributed by atoms with Crippen LogP contribution in [0.3, 0.4) is 0 Å². The molecule has 0 fully saturated rings. The number of carbonyl (C=O) groups is 1. The summed E-state index contributed by atoms with van der Waals surface area (Å²) < 4.78 is 1.87. The average molecular weight is 225 g/mol. The lowest BCUT2D eigenvalue weighted by Gasteiger charge is -2.03. The number of hydrogen-bond donors (Lipinski definition) is 0. The maximum atomic E-state index is 11.2. The van der Waals surface area contributed by atoms with E-state index >= 15 is 0 Å². The molecule has 2 heterocycles. The zero-order valence-electron chi connectivity index (χ0n) is 9.42. The second kappa shape index (κ2) is 4.62. The van der Waals surface area contributed by atoms with E-state index in [1.807, 2.05) is 16.8 Å². The molecular formula is C13H11N3O. The van der Waals surface area contributed by atoms with Crippen LogP contribution < -0.4 is 0 Å². The predicted octanol–water partition coefficient (Wildman–Crippen LogP) is 2.01. The highest BCUT2D eigenvalue weighted by atomic mass is 16.1. The van der Waals surface area contributed by atoms with Gasteiger partial charge in [0.1, 0.15) is 11.8 Å². The first-order chi connectivity index (χ1) is 8.20. The Kier molecular flexibility index (Phi) is 3.01. The van der Waals surface area contributed by atoms with Crippen molar-refractivity contribution in [3.63, 3.8) is 0 Å². The van der Waals surface area contributed by atoms with Crippen LogP contribution in [-0.4, -0.2) is 15.3 Å². The average Bonchev–Trinajstić information content (AvgIpc) is 2.78. The van der Waals surface area contributed by atoms with Crippen molar-refractivity contribution < 1.29 is 4.79 Å². The molecule has 4 nitrogen and oxygen atoms in total. The molecule has 2 rings (SSSR count). The molecule has 0 spiro atoms. The number of Topliss-reactive ketones (excluding diaryl/α,β-unsaturated/α-hetero) is 1. The van der Waals surface area contributed by atoms with E-state index in [0.717, 1.165) is 5.56 Å². The Bertz CT molecular complexity index is 593. The summed E-state index contributed by atoms with van der Waals surface area (Å²) in [7, 11) is 0. The van der Waals surface area contributed by atoms with Crippen LogP contribution >= 0.6 is 0 Å². The van der Waals surface area contributed by atoms with Crippen molar-refractivity contribution in [3.8, 4) is 6.07 Å². The molecule has 0 radical (unpaired) electrons. The second-order valence-corrected chi connectivity index (χ2v) is 3.75. The molecule has 0 saturated heterocycles. The lowest BCUT2D eigenvalue weighted by molar-refractivity contribution is 0.101. The van der Waals surface area contributed by atoms with Gasteiger partial charge in [0.15, 0.2) is 5.78 Å². The topological polar surface area (TPSA) is 58.7 Å². The summed E-state index contributed by atoms with van der Waals surface area (Å²) in [6, 6.07) is 7.48. The SMILES string of the molecule is CC(=O)c1ccn(Cc2cccnc2C#N)c1. The van der Waals surface area contributed by atoms with Crippen LogP contribution in [0.2, 0.25) is 0 Å². The van der Waals surface area contributed by atoms with E-state index in [0.29, 0.717) is 17.8 Å². The number of pyridine rings is 1. The van der Waals surface area contributed by atoms with Crippen LogP contribution in [0.15, 0.2) is 36.8 Å². The molecular weight excluding hydrogens is 214 g/mol. The molecule has 0 aliphatic heterocycles. The zero-order valence-corrected chi connectivity index (χ0v) is 9.42. The fourth-order valence-electron chi connectivity index (χ4n) is 1.61. The Hall–Kier alpha value is -2.41. The van der Waals surface area contributed by atoms with Gasteiger partial charge in [0.2, 0.25) is 0 Å². The van der Waals surface area contributed by atoms with Crippen molar-refractivity contribution in [1.29, 1.82) is 5.26 Å². The fraction of sp³-hybridized carbons (Fsp3) is 0.154. The van der Waals surface area contributed by atoms with E-state index in [9.17, 15) is 4.79 Å². The van der Waals surface area contributed by atoms with Crippen LogP contribution in [0.1, 0.15) is 28.5 Å². The first-order valence-corrected chi connectivity index (χ1v) is 5.21. The molecule has 0 unspecified atom stereocenters. The summed E-state index contributed by atoms with van der Waals surface area (Å²) >= 11 is 0. The van der Waals surface area contributed by atoms with E-state index in [1.165, 1.54) is 6.92 Å². The molecule has 2 aromatic heterocycles. The van der Waals surface area contributed by atoms with Gasteiger partial charge in [-0.25, -0.2) is 4.98 Å². The van der Waals surface area contributed by atoms with Crippen molar-refractivity contribution in [1.82, 2.24) is 9.55 Å². The predicted molar refractivity (Wildman–Crippen MR) is 62.5 cm³/mol. The molecule has 84 valence electrons. The Morgan fingerprint density at radius 1 is 1.53 bits per heavy atom. The maximum Gasteiger partial charge on any atom is 0.161 e. The van der Waals surface area contributed by atoms with Gasteiger partial charge in [-0.1, -0.05) is 6.07 Å². The molecule has 17 heavy (non-hydrogen) atoms. The van der Waals surface area contributed by atoms with E-state index in [-0.39, 0.29) is 5.78 Å². The summed E-state index contributed by atoms with van der Waals surface area (Å²) in [6.07, 6.45) is 5.19. The van der Waals surface area contributed by atoms with Gasteiger partial charge < -0.3 is 4.57 Å². The monoisotopic (exact) mass is 225 g/mol. The Morgan fingerprint density at radius 2 is 2.35 bits per heavy atom. The lowest BCUT2D eigenvalue weighted by atomic mass is 10.2. The van der Waals surface area contributed by atoms with Crippen molar-refractivity contribution >= 4 is 5.78 Å². The minimum Gasteiger partial charge on any atom is -0.349 e. The molecule has 0 saturated carbocycles. The van der Waals surface area contributed by atoms with Gasteiger partial charge in [-0.3, -0.25) is 4.79 Å². The number of rotatable bonds is 3. The van der Waals surface area contributed by atoms with Crippen molar-refractivity contribution in [2.24, 2.45) is 0 Å². The van der Waals surface area contributed by atoms with Gasteiger partial charge >= 0.3 is 0 Å². The highest BCUT2D eigenvalue weighted by Gasteiger charge is 2.05. The van der Waals surface area contributed by atoms with Gasteiger partial charge in [-0.05, 0) is 19.1 Å². The Morgan fingerprint density at radius 3 is 3.00 bits per heavy atom. The third kappa shape index (κ3) is 2.40. The second-order valence-electron chi connectivity index (χ2n) is 3.75. The first-order valence-electron chi connectivity index (χ1n) is 5.21. The maximum absolute atomic E-state index is 11.2. The van der Waals surface area contributed by atoms with Crippen molar-refractivity contribution in [2.75, 3.05) is 0 Å².